The van der Waals surface area contributed by atoms with Crippen LogP contribution in [0.15, 0.2) is 30.3 Å². The first-order valence-corrected chi connectivity index (χ1v) is 4.76. The van der Waals surface area contributed by atoms with E-state index < -0.39 is 0 Å². The normalized spacial score (nSPS) is 8.60. The summed E-state index contributed by atoms with van der Waals surface area (Å²) in [5, 5.41) is 1.40. The maximum atomic E-state index is 10.9. The first-order chi connectivity index (χ1) is 6.61. The standard InChI is InChI=1S/C9H10N2OS2.K/c1-7(12)10-11(9(13)14)8-5-3-2-4-6-8;/h2-6H,1H3,(H,10,12)(H,13,14);/q;+1/p-1. The summed E-state index contributed by atoms with van der Waals surface area (Å²) in [6.07, 6.45) is 0. The van der Waals surface area contributed by atoms with E-state index in [4.69, 9.17) is 24.8 Å². The van der Waals surface area contributed by atoms with Crippen molar-refractivity contribution in [3.8, 4) is 0 Å². The van der Waals surface area contributed by atoms with Crippen LogP contribution in [0.3, 0.4) is 0 Å². The monoisotopic (exact) mass is 264 g/mol. The van der Waals surface area contributed by atoms with Gasteiger partial charge in [-0.05, 0) is 16.5 Å². The minimum Gasteiger partial charge on any atom is -0.409 e. The Morgan fingerprint density at radius 1 is 1.40 bits per heavy atom. The summed E-state index contributed by atoms with van der Waals surface area (Å²) in [4.78, 5) is 10.9. The van der Waals surface area contributed by atoms with Crippen LogP contribution in [-0.2, 0) is 17.4 Å². The molecular weight excluding hydrogens is 255 g/mol. The van der Waals surface area contributed by atoms with Crippen molar-refractivity contribution in [2.24, 2.45) is 0 Å². The van der Waals surface area contributed by atoms with Gasteiger partial charge < -0.3 is 24.8 Å². The summed E-state index contributed by atoms with van der Waals surface area (Å²) >= 11 is 9.69. The SMILES string of the molecule is CC(=O)NN(C(=S)[S-])c1ccccc1.[K+]. The molecule has 0 saturated heterocycles. The molecule has 0 aliphatic rings. The molecule has 1 amide bonds. The van der Waals surface area contributed by atoms with E-state index in [0.717, 1.165) is 5.69 Å². The van der Waals surface area contributed by atoms with E-state index in [9.17, 15) is 4.79 Å². The van der Waals surface area contributed by atoms with Crippen LogP contribution >= 0.6 is 12.2 Å². The number of nitrogens with one attached hydrogen (secondary N) is 1. The summed E-state index contributed by atoms with van der Waals surface area (Å²) in [6, 6.07) is 9.19. The fraction of sp³-hybridized carbons (Fsp3) is 0.111. The van der Waals surface area contributed by atoms with Gasteiger partial charge in [-0.1, -0.05) is 18.2 Å². The predicted octanol–water partition coefficient (Wildman–Crippen LogP) is -1.62. The van der Waals surface area contributed by atoms with Crippen LogP contribution in [0, 0.1) is 0 Å². The molecule has 0 fully saturated rings. The Morgan fingerprint density at radius 3 is 2.33 bits per heavy atom. The summed E-state index contributed by atoms with van der Waals surface area (Å²) < 4.78 is 0.186. The maximum Gasteiger partial charge on any atom is 1.00 e. The molecule has 74 valence electrons. The van der Waals surface area contributed by atoms with E-state index in [0.29, 0.717) is 0 Å². The van der Waals surface area contributed by atoms with Crippen LogP contribution in [0.25, 0.3) is 0 Å². The van der Waals surface area contributed by atoms with Gasteiger partial charge in [-0.3, -0.25) is 15.2 Å². The van der Waals surface area contributed by atoms with Crippen LogP contribution in [0.2, 0.25) is 0 Å². The molecule has 1 aromatic carbocycles. The zero-order valence-corrected chi connectivity index (χ0v) is 13.3. The number of rotatable bonds is 1. The van der Waals surface area contributed by atoms with Crippen molar-refractivity contribution in [3.05, 3.63) is 30.3 Å². The van der Waals surface area contributed by atoms with Gasteiger partial charge in [0, 0.05) is 6.92 Å². The van der Waals surface area contributed by atoms with Gasteiger partial charge in [0.2, 0.25) is 5.91 Å². The molecular formula is C9H9KN2OS2. The number of amides is 1. The number of nitrogens with zero attached hydrogens (tertiary/aromatic N) is 1. The molecule has 1 N–H and O–H groups in total. The number of para-hydroxylation sites is 1. The summed E-state index contributed by atoms with van der Waals surface area (Å²) in [7, 11) is 0. The van der Waals surface area contributed by atoms with E-state index in [2.05, 4.69) is 5.43 Å². The van der Waals surface area contributed by atoms with Gasteiger partial charge in [-0.25, -0.2) is 0 Å². The minimum atomic E-state index is -0.207. The zero-order valence-electron chi connectivity index (χ0n) is 8.56. The van der Waals surface area contributed by atoms with E-state index in [1.54, 1.807) is 0 Å². The molecule has 1 rings (SSSR count). The molecule has 0 aromatic heterocycles. The van der Waals surface area contributed by atoms with Crippen molar-refractivity contribution in [2.45, 2.75) is 6.92 Å². The molecule has 0 aliphatic heterocycles. The Hall–Kier alpha value is 0.436. The second-order valence-electron chi connectivity index (χ2n) is 2.60. The average molecular weight is 264 g/mol. The topological polar surface area (TPSA) is 32.3 Å². The molecule has 0 unspecified atom stereocenters. The van der Waals surface area contributed by atoms with Crippen molar-refractivity contribution in [1.82, 2.24) is 5.43 Å². The first-order valence-electron chi connectivity index (χ1n) is 3.94. The van der Waals surface area contributed by atoms with Crippen LogP contribution in [0.5, 0.6) is 0 Å². The van der Waals surface area contributed by atoms with Gasteiger partial charge in [0.05, 0.1) is 5.69 Å². The van der Waals surface area contributed by atoms with Crippen molar-refractivity contribution in [2.75, 3.05) is 5.01 Å². The second kappa shape index (κ2) is 7.67. The molecule has 3 nitrogen and oxygen atoms in total. The molecule has 0 heterocycles. The molecule has 0 radical (unpaired) electrons. The van der Waals surface area contributed by atoms with E-state index in [1.165, 1.54) is 11.9 Å². The third-order valence-corrected chi connectivity index (χ3v) is 1.83. The molecule has 0 saturated carbocycles. The summed E-state index contributed by atoms with van der Waals surface area (Å²) in [5.41, 5.74) is 3.30. The van der Waals surface area contributed by atoms with Crippen molar-refractivity contribution < 1.29 is 56.2 Å². The van der Waals surface area contributed by atoms with E-state index in [-0.39, 0.29) is 61.6 Å². The molecule has 6 heteroatoms. The largest absolute Gasteiger partial charge is 1.00 e. The van der Waals surface area contributed by atoms with Crippen molar-refractivity contribution in [3.63, 3.8) is 0 Å². The average Bonchev–Trinajstić information content (AvgIpc) is 2.15. The van der Waals surface area contributed by atoms with Gasteiger partial charge in [0.15, 0.2) is 0 Å². The number of hydrogen-bond acceptors (Lipinski definition) is 3. The Morgan fingerprint density at radius 2 is 1.93 bits per heavy atom. The summed E-state index contributed by atoms with van der Waals surface area (Å²) in [6.45, 7) is 1.41. The maximum absolute atomic E-state index is 10.9. The Balaban J connectivity index is 0.00000196. The number of carbonyl (C=O) groups is 1. The number of hydrazine groups is 1. The summed E-state index contributed by atoms with van der Waals surface area (Å²) in [5.74, 6) is -0.207. The van der Waals surface area contributed by atoms with E-state index in [1.807, 2.05) is 30.3 Å². The molecule has 1 aromatic rings. The number of anilines is 1. The van der Waals surface area contributed by atoms with E-state index >= 15 is 0 Å². The molecule has 0 spiro atoms. The van der Waals surface area contributed by atoms with Crippen molar-refractivity contribution in [1.29, 1.82) is 0 Å². The predicted molar refractivity (Wildman–Crippen MR) is 62.7 cm³/mol. The molecule has 15 heavy (non-hydrogen) atoms. The van der Waals surface area contributed by atoms with Crippen molar-refractivity contribution >= 4 is 40.8 Å². The number of carbonyl (C=O) groups excluding carboxylic acids is 1. The Labute approximate surface area is 142 Å². The van der Waals surface area contributed by atoms with Crippen LogP contribution < -0.4 is 61.8 Å². The van der Waals surface area contributed by atoms with Gasteiger partial charge in [-0.15, -0.1) is 0 Å². The fourth-order valence-electron chi connectivity index (χ4n) is 0.950. The van der Waals surface area contributed by atoms with Gasteiger partial charge in [-0.2, -0.15) is 0 Å². The minimum absolute atomic E-state index is 0. The quantitative estimate of drug-likeness (QED) is 0.286. The van der Waals surface area contributed by atoms with Gasteiger partial charge >= 0.3 is 51.4 Å². The Bertz CT molecular complexity index is 345. The van der Waals surface area contributed by atoms with Crippen LogP contribution in [0.4, 0.5) is 5.69 Å². The first kappa shape index (κ1) is 15.4. The van der Waals surface area contributed by atoms with Crippen LogP contribution in [0.1, 0.15) is 6.92 Å². The molecule has 0 bridgehead atoms. The third kappa shape index (κ3) is 5.35. The van der Waals surface area contributed by atoms with Gasteiger partial charge in [0.25, 0.3) is 0 Å². The Kier molecular flexibility index (Phi) is 7.89. The van der Waals surface area contributed by atoms with Gasteiger partial charge in [0.1, 0.15) is 0 Å². The zero-order chi connectivity index (χ0) is 10.6. The molecule has 0 atom stereocenters. The number of hydrogen-bond donors (Lipinski definition) is 1. The second-order valence-corrected chi connectivity index (χ2v) is 3.64. The number of benzene rings is 1. The molecule has 0 aliphatic carbocycles. The number of thiocarbonyl (C=S) groups is 1. The smallest absolute Gasteiger partial charge is 0.409 e. The third-order valence-electron chi connectivity index (χ3n) is 1.47. The fourth-order valence-corrected chi connectivity index (χ4v) is 1.25. The van der Waals surface area contributed by atoms with Crippen LogP contribution in [-0.4, -0.2) is 10.2 Å².